The van der Waals surface area contributed by atoms with Crippen LogP contribution in [0.1, 0.15) is 44.3 Å². The van der Waals surface area contributed by atoms with Crippen molar-refractivity contribution in [2.45, 2.75) is 37.2 Å². The lowest BCUT2D eigenvalue weighted by Gasteiger charge is -2.10. The lowest BCUT2D eigenvalue weighted by atomic mass is 10.1. The van der Waals surface area contributed by atoms with E-state index in [-0.39, 0.29) is 28.7 Å². The van der Waals surface area contributed by atoms with Crippen molar-refractivity contribution in [1.29, 1.82) is 0 Å². The van der Waals surface area contributed by atoms with Crippen LogP contribution < -0.4 is 10.0 Å². The molecule has 1 aromatic carbocycles. The van der Waals surface area contributed by atoms with E-state index in [4.69, 9.17) is 5.11 Å². The van der Waals surface area contributed by atoms with E-state index < -0.39 is 21.9 Å². The molecule has 0 spiro atoms. The van der Waals surface area contributed by atoms with Crippen molar-refractivity contribution in [3.05, 3.63) is 45.4 Å². The minimum Gasteiger partial charge on any atom is -0.476 e. The quantitative estimate of drug-likeness (QED) is 0.653. The lowest BCUT2D eigenvalue weighted by molar-refractivity contribution is 0.0691. The summed E-state index contributed by atoms with van der Waals surface area (Å²) < 4.78 is 27.2. The summed E-state index contributed by atoms with van der Waals surface area (Å²) in [7, 11) is -3.65. The van der Waals surface area contributed by atoms with Crippen molar-refractivity contribution < 1.29 is 23.1 Å². The first-order valence-corrected chi connectivity index (χ1v) is 10.2. The van der Waals surface area contributed by atoms with E-state index >= 15 is 0 Å². The highest BCUT2D eigenvalue weighted by Gasteiger charge is 2.28. The van der Waals surface area contributed by atoms with Gasteiger partial charge in [-0.1, -0.05) is 6.07 Å². The first kappa shape index (κ1) is 18.5. The average Bonchev–Trinajstić information content (AvgIpc) is 3.24. The zero-order valence-electron chi connectivity index (χ0n) is 13.9. The number of nitrogens with zero attached hydrogens (tertiary/aromatic N) is 1. The number of carbonyl (C=O) groups excluding carboxylic acids is 1. The van der Waals surface area contributed by atoms with E-state index in [0.29, 0.717) is 10.6 Å². The molecule has 1 aromatic heterocycles. The number of hydrogen-bond donors (Lipinski definition) is 3. The summed E-state index contributed by atoms with van der Waals surface area (Å²) in [6, 6.07) is 4.38. The second-order valence-electron chi connectivity index (χ2n) is 5.99. The van der Waals surface area contributed by atoms with Crippen LogP contribution in [0.15, 0.2) is 28.5 Å². The van der Waals surface area contributed by atoms with Crippen LogP contribution in [0, 0.1) is 6.92 Å². The second-order valence-corrected chi connectivity index (χ2v) is 8.64. The molecule has 1 heterocycles. The van der Waals surface area contributed by atoms with Gasteiger partial charge in [0.1, 0.15) is 5.01 Å². The number of nitrogens with one attached hydrogen (secondary N) is 2. The summed E-state index contributed by atoms with van der Waals surface area (Å²) in [6.45, 7) is 1.78. The topological polar surface area (TPSA) is 125 Å². The van der Waals surface area contributed by atoms with Crippen molar-refractivity contribution in [2.75, 3.05) is 0 Å². The molecular formula is C16H17N3O5S2. The summed E-state index contributed by atoms with van der Waals surface area (Å²) in [5, 5.41) is 13.3. The Hall–Kier alpha value is -2.30. The second kappa shape index (κ2) is 7.14. The number of aryl methyl sites for hydroxylation is 1. The van der Waals surface area contributed by atoms with Crippen molar-refractivity contribution in [2.24, 2.45) is 0 Å². The number of benzene rings is 1. The zero-order valence-corrected chi connectivity index (χ0v) is 15.5. The van der Waals surface area contributed by atoms with Crippen LogP contribution in [0.2, 0.25) is 0 Å². The normalized spacial score (nSPS) is 14.2. The first-order valence-electron chi connectivity index (χ1n) is 7.85. The Bertz CT molecular complexity index is 964. The molecule has 0 radical (unpaired) electrons. The highest BCUT2D eigenvalue weighted by atomic mass is 32.2. The molecule has 0 bridgehead atoms. The minimum atomic E-state index is -3.65. The Labute approximate surface area is 154 Å². The lowest BCUT2D eigenvalue weighted by Crippen LogP contribution is -2.27. The number of hydrogen-bond acceptors (Lipinski definition) is 6. The molecule has 0 saturated heterocycles. The van der Waals surface area contributed by atoms with Crippen LogP contribution in [-0.2, 0) is 16.6 Å². The SMILES string of the molecule is Cc1ccc(S(=O)(=O)NC2CC2)cc1C(=O)NCc1nc(C(=O)O)cs1. The van der Waals surface area contributed by atoms with Crippen molar-refractivity contribution in [3.8, 4) is 0 Å². The van der Waals surface area contributed by atoms with Gasteiger partial charge in [0.05, 0.1) is 11.4 Å². The van der Waals surface area contributed by atoms with Crippen LogP contribution in [0.25, 0.3) is 0 Å². The molecule has 26 heavy (non-hydrogen) atoms. The Balaban J connectivity index is 1.73. The summed E-state index contributed by atoms with van der Waals surface area (Å²) in [4.78, 5) is 27.2. The van der Waals surface area contributed by atoms with Gasteiger partial charge in [-0.25, -0.2) is 22.9 Å². The summed E-state index contributed by atoms with van der Waals surface area (Å²) in [5.74, 6) is -1.58. The Morgan fingerprint density at radius 3 is 2.69 bits per heavy atom. The molecule has 1 saturated carbocycles. The zero-order chi connectivity index (χ0) is 18.9. The van der Waals surface area contributed by atoms with Crippen molar-refractivity contribution in [1.82, 2.24) is 15.0 Å². The standard InChI is InChI=1S/C16H17N3O5S2/c1-9-2-5-11(26(23,24)19-10-3-4-10)6-12(9)15(20)17-7-14-18-13(8-25-14)16(21)22/h2,5-6,8,10,19H,3-4,7H2,1H3,(H,17,20)(H,21,22). The number of carbonyl (C=O) groups is 2. The van der Waals surface area contributed by atoms with Crippen LogP contribution >= 0.6 is 11.3 Å². The van der Waals surface area contributed by atoms with Gasteiger partial charge in [-0.15, -0.1) is 11.3 Å². The molecule has 10 heteroatoms. The van der Waals surface area contributed by atoms with Gasteiger partial charge in [0, 0.05) is 17.0 Å². The van der Waals surface area contributed by atoms with Crippen LogP contribution in [-0.4, -0.2) is 36.4 Å². The molecule has 2 aromatic rings. The molecule has 3 N–H and O–H groups in total. The van der Waals surface area contributed by atoms with E-state index in [9.17, 15) is 18.0 Å². The highest BCUT2D eigenvalue weighted by molar-refractivity contribution is 7.89. The molecule has 0 atom stereocenters. The third kappa shape index (κ3) is 4.26. The van der Waals surface area contributed by atoms with Gasteiger partial charge >= 0.3 is 5.97 Å². The first-order chi connectivity index (χ1) is 12.3. The molecular weight excluding hydrogens is 378 g/mol. The predicted octanol–water partition coefficient (Wildman–Crippen LogP) is 1.52. The number of rotatable bonds is 7. The van der Waals surface area contributed by atoms with Gasteiger partial charge in [0.2, 0.25) is 10.0 Å². The number of amides is 1. The largest absolute Gasteiger partial charge is 0.476 e. The Kier molecular flexibility index (Phi) is 5.08. The molecule has 0 unspecified atom stereocenters. The number of carboxylic acids is 1. The van der Waals surface area contributed by atoms with Crippen LogP contribution in [0.4, 0.5) is 0 Å². The van der Waals surface area contributed by atoms with Gasteiger partial charge in [-0.2, -0.15) is 0 Å². The molecule has 3 rings (SSSR count). The van der Waals surface area contributed by atoms with Gasteiger partial charge in [-0.05, 0) is 37.5 Å². The number of thiazole rings is 1. The molecule has 1 fully saturated rings. The third-order valence-electron chi connectivity index (χ3n) is 3.83. The average molecular weight is 395 g/mol. The predicted molar refractivity (Wildman–Crippen MR) is 94.8 cm³/mol. The summed E-state index contributed by atoms with van der Waals surface area (Å²) in [6.07, 6.45) is 1.65. The molecule has 1 amide bonds. The Morgan fingerprint density at radius 1 is 1.35 bits per heavy atom. The minimum absolute atomic E-state index is 0.0214. The van der Waals surface area contributed by atoms with Gasteiger partial charge in [0.25, 0.3) is 5.91 Å². The van der Waals surface area contributed by atoms with Crippen molar-refractivity contribution in [3.63, 3.8) is 0 Å². The molecule has 8 nitrogen and oxygen atoms in total. The fraction of sp³-hybridized carbons (Fsp3) is 0.312. The van der Waals surface area contributed by atoms with E-state index in [2.05, 4.69) is 15.0 Å². The maximum absolute atomic E-state index is 12.4. The fourth-order valence-electron chi connectivity index (χ4n) is 2.24. The van der Waals surface area contributed by atoms with Gasteiger partial charge < -0.3 is 10.4 Å². The van der Waals surface area contributed by atoms with E-state index in [1.807, 2.05) is 0 Å². The monoisotopic (exact) mass is 395 g/mol. The fourth-order valence-corrected chi connectivity index (χ4v) is 4.28. The number of aromatic nitrogens is 1. The Morgan fingerprint density at radius 2 is 2.08 bits per heavy atom. The summed E-state index contributed by atoms with van der Waals surface area (Å²) >= 11 is 1.13. The van der Waals surface area contributed by atoms with Crippen LogP contribution in [0.3, 0.4) is 0 Å². The third-order valence-corrected chi connectivity index (χ3v) is 6.20. The molecule has 138 valence electrons. The van der Waals surface area contributed by atoms with E-state index in [0.717, 1.165) is 24.2 Å². The molecule has 0 aliphatic heterocycles. The smallest absolute Gasteiger partial charge is 0.355 e. The highest BCUT2D eigenvalue weighted by Crippen LogP contribution is 2.23. The van der Waals surface area contributed by atoms with E-state index in [1.165, 1.54) is 17.5 Å². The van der Waals surface area contributed by atoms with Crippen LogP contribution in [0.5, 0.6) is 0 Å². The number of aromatic carboxylic acids is 1. The number of sulfonamides is 1. The van der Waals surface area contributed by atoms with Crippen molar-refractivity contribution >= 4 is 33.2 Å². The molecule has 1 aliphatic rings. The van der Waals surface area contributed by atoms with Gasteiger partial charge in [0.15, 0.2) is 5.69 Å². The number of carboxylic acid groups (broad SMARTS) is 1. The summed E-state index contributed by atoms with van der Waals surface area (Å²) in [5.41, 5.74) is 0.812. The maximum Gasteiger partial charge on any atom is 0.355 e. The molecule has 1 aliphatic carbocycles. The van der Waals surface area contributed by atoms with Gasteiger partial charge in [-0.3, -0.25) is 4.79 Å². The van der Waals surface area contributed by atoms with E-state index in [1.54, 1.807) is 13.0 Å². The maximum atomic E-state index is 12.4.